The van der Waals surface area contributed by atoms with Crippen LogP contribution in [0.3, 0.4) is 0 Å². The average Bonchev–Trinajstić information content (AvgIpc) is 3.21. The van der Waals surface area contributed by atoms with Gasteiger partial charge in [0.15, 0.2) is 0 Å². The average molecular weight is 806 g/mol. The molecule has 1 N–H and O–H groups in total. The Bertz CT molecular complexity index is 912. The smallest absolute Gasteiger partial charge is 0.306 e. The van der Waals surface area contributed by atoms with Crippen molar-refractivity contribution in [1.82, 2.24) is 4.90 Å². The summed E-state index contributed by atoms with van der Waals surface area (Å²) in [5.41, 5.74) is 0. The van der Waals surface area contributed by atoms with Crippen LogP contribution in [-0.2, 0) is 23.9 Å². The van der Waals surface area contributed by atoms with E-state index in [-0.39, 0.29) is 24.5 Å². The molecule has 1 unspecified atom stereocenters. The van der Waals surface area contributed by atoms with Crippen LogP contribution in [-0.4, -0.2) is 61.3 Å². The molecule has 0 aromatic carbocycles. The number of hydrogen-bond donors (Lipinski definition) is 1. The third-order valence-electron chi connectivity index (χ3n) is 11.7. The molecule has 0 spiro atoms. The third-order valence-corrected chi connectivity index (χ3v) is 11.7. The van der Waals surface area contributed by atoms with Gasteiger partial charge in [0.1, 0.15) is 6.10 Å². The summed E-state index contributed by atoms with van der Waals surface area (Å²) >= 11 is 0. The summed E-state index contributed by atoms with van der Waals surface area (Å²) in [4.78, 5) is 35.2. The van der Waals surface area contributed by atoms with Gasteiger partial charge in [-0.2, -0.15) is 0 Å². The van der Waals surface area contributed by atoms with Gasteiger partial charge in [-0.1, -0.05) is 155 Å². The maximum absolute atomic E-state index is 12.7. The van der Waals surface area contributed by atoms with Gasteiger partial charge in [0.2, 0.25) is 0 Å². The molecule has 0 saturated carbocycles. The Balaban J connectivity index is 0. The number of unbranched alkanes of at least 4 members (excludes halogenated alkanes) is 17. The summed E-state index contributed by atoms with van der Waals surface area (Å²) in [7, 11) is 2.11. The van der Waals surface area contributed by atoms with E-state index >= 15 is 0 Å². The van der Waals surface area contributed by atoms with E-state index in [1.165, 1.54) is 122 Å². The molecule has 0 heterocycles. The third kappa shape index (κ3) is 43.3. The van der Waals surface area contributed by atoms with Crippen LogP contribution in [0.25, 0.3) is 0 Å². The summed E-state index contributed by atoms with van der Waals surface area (Å²) in [6.45, 7) is 13.4. The second-order valence-electron chi connectivity index (χ2n) is 16.5. The van der Waals surface area contributed by atoms with Gasteiger partial charge in [0.25, 0.3) is 6.47 Å². The van der Waals surface area contributed by atoms with Crippen LogP contribution in [0.5, 0.6) is 0 Å². The molecule has 336 valence electrons. The Morgan fingerprint density at radius 1 is 0.526 bits per heavy atom. The molecule has 0 aliphatic rings. The molecule has 0 saturated heterocycles. The fraction of sp³-hybridized carbons (Fsp3) is 0.860. The summed E-state index contributed by atoms with van der Waals surface area (Å²) in [5.74, 6) is 1.42. The fourth-order valence-electron chi connectivity index (χ4n) is 7.22. The molecule has 0 rings (SSSR count). The number of esters is 2. The normalized spacial score (nSPS) is 12.2. The SMILES string of the molecule is CCC(CC)CCCCC/C=C\CCCCCCCCC(CCCCCCCC/C=C\CCCCC(=O)OCC(CC)CC)OC(=O)CCCN(C)CC.O=CO. The lowest BCUT2D eigenvalue weighted by Gasteiger charge is -2.19. The molecule has 0 aliphatic heterocycles. The summed E-state index contributed by atoms with van der Waals surface area (Å²) in [6.07, 6.45) is 45.8. The van der Waals surface area contributed by atoms with Gasteiger partial charge < -0.3 is 19.5 Å². The maximum Gasteiger partial charge on any atom is 0.306 e. The zero-order valence-corrected chi connectivity index (χ0v) is 38.6. The molecule has 0 aromatic heterocycles. The molecule has 0 amide bonds. The van der Waals surface area contributed by atoms with E-state index in [9.17, 15) is 9.59 Å². The zero-order chi connectivity index (χ0) is 42.5. The molecule has 0 bridgehead atoms. The van der Waals surface area contributed by atoms with Crippen LogP contribution in [0.1, 0.15) is 234 Å². The van der Waals surface area contributed by atoms with Gasteiger partial charge in [0.05, 0.1) is 6.61 Å². The summed E-state index contributed by atoms with van der Waals surface area (Å²) < 4.78 is 11.5. The molecule has 7 nitrogen and oxygen atoms in total. The van der Waals surface area contributed by atoms with Crippen molar-refractivity contribution in [2.24, 2.45) is 11.8 Å². The van der Waals surface area contributed by atoms with Gasteiger partial charge in [0, 0.05) is 12.8 Å². The van der Waals surface area contributed by atoms with E-state index < -0.39 is 0 Å². The van der Waals surface area contributed by atoms with Crippen LogP contribution >= 0.6 is 0 Å². The Hall–Kier alpha value is -2.15. The van der Waals surface area contributed by atoms with E-state index in [0.717, 1.165) is 83.2 Å². The van der Waals surface area contributed by atoms with Crippen LogP contribution in [0.2, 0.25) is 0 Å². The highest BCUT2D eigenvalue weighted by atomic mass is 16.5. The van der Waals surface area contributed by atoms with E-state index in [1.807, 2.05) is 0 Å². The molecule has 57 heavy (non-hydrogen) atoms. The van der Waals surface area contributed by atoms with Crippen LogP contribution in [0.4, 0.5) is 0 Å². The highest BCUT2D eigenvalue weighted by molar-refractivity contribution is 5.69. The van der Waals surface area contributed by atoms with Crippen molar-refractivity contribution in [2.75, 3.05) is 26.7 Å². The fourth-order valence-corrected chi connectivity index (χ4v) is 7.22. The lowest BCUT2D eigenvalue weighted by atomic mass is 9.96. The van der Waals surface area contributed by atoms with Crippen LogP contribution < -0.4 is 0 Å². The van der Waals surface area contributed by atoms with Crippen molar-refractivity contribution in [1.29, 1.82) is 0 Å². The van der Waals surface area contributed by atoms with E-state index in [1.54, 1.807) is 0 Å². The molecule has 7 heteroatoms. The van der Waals surface area contributed by atoms with Crippen molar-refractivity contribution in [3.63, 3.8) is 0 Å². The number of carbonyl (C=O) groups is 3. The van der Waals surface area contributed by atoms with E-state index in [0.29, 0.717) is 25.4 Å². The van der Waals surface area contributed by atoms with E-state index in [4.69, 9.17) is 19.4 Å². The Morgan fingerprint density at radius 2 is 0.912 bits per heavy atom. The van der Waals surface area contributed by atoms with Crippen LogP contribution in [0.15, 0.2) is 24.3 Å². The number of nitrogens with zero attached hydrogens (tertiary/aromatic N) is 1. The van der Waals surface area contributed by atoms with Gasteiger partial charge in [-0.25, -0.2) is 0 Å². The largest absolute Gasteiger partial charge is 0.483 e. The highest BCUT2D eigenvalue weighted by Gasteiger charge is 2.15. The number of carbonyl (C=O) groups excluding carboxylic acids is 2. The predicted molar refractivity (Wildman–Crippen MR) is 244 cm³/mol. The minimum Gasteiger partial charge on any atom is -0.483 e. The highest BCUT2D eigenvalue weighted by Crippen LogP contribution is 2.20. The van der Waals surface area contributed by atoms with Gasteiger partial charge in [-0.05, 0) is 122 Å². The Morgan fingerprint density at radius 3 is 1.37 bits per heavy atom. The van der Waals surface area contributed by atoms with E-state index in [2.05, 4.69) is 70.9 Å². The molecule has 0 fully saturated rings. The van der Waals surface area contributed by atoms with Crippen molar-refractivity contribution in [2.45, 2.75) is 240 Å². The summed E-state index contributed by atoms with van der Waals surface area (Å²) in [5, 5.41) is 6.89. The number of ether oxygens (including phenoxy) is 2. The quantitative estimate of drug-likeness (QED) is 0.0285. The molecular weight excluding hydrogens is 711 g/mol. The second kappa shape index (κ2) is 46.5. The molecule has 0 aromatic rings. The minimum atomic E-state index is -0.250. The first-order chi connectivity index (χ1) is 27.8. The molecular formula is C50H95NO6. The zero-order valence-electron chi connectivity index (χ0n) is 38.6. The van der Waals surface area contributed by atoms with Gasteiger partial charge in [-0.3, -0.25) is 14.4 Å². The lowest BCUT2D eigenvalue weighted by molar-refractivity contribution is -0.150. The first-order valence-electron chi connectivity index (χ1n) is 24.2. The lowest BCUT2D eigenvalue weighted by Crippen LogP contribution is -2.22. The van der Waals surface area contributed by atoms with Crippen molar-refractivity contribution >= 4 is 18.4 Å². The maximum atomic E-state index is 12.7. The standard InChI is InChI=1S/C49H93NO4.CH2O2/c1-7-45(8-2)38-33-29-25-21-17-13-12-14-18-22-26-30-34-39-47(54-49(52)42-37-43-50(6)11-5)40-35-31-27-23-19-15-16-20-24-28-32-36-41-48(51)53-44-46(9-3)10-4;2-1-3/h13,17,20,24,45-47H,7-12,14-16,18-19,21-23,25-44H2,1-6H3;1H,(H,2,3)/b17-13-,24-20-;. The van der Waals surface area contributed by atoms with Gasteiger partial charge in [-0.15, -0.1) is 0 Å². The molecule has 0 radical (unpaired) electrons. The first kappa shape index (κ1) is 56.9. The topological polar surface area (TPSA) is 93.1 Å². The Labute approximate surface area is 354 Å². The number of carboxylic acid groups (broad SMARTS) is 1. The number of allylic oxidation sites excluding steroid dienone is 4. The number of rotatable bonds is 41. The van der Waals surface area contributed by atoms with Crippen molar-refractivity contribution in [3.8, 4) is 0 Å². The second-order valence-corrected chi connectivity index (χ2v) is 16.5. The first-order valence-corrected chi connectivity index (χ1v) is 24.2. The molecule has 0 aliphatic carbocycles. The Kier molecular flexibility index (Phi) is 46.5. The predicted octanol–water partition coefficient (Wildman–Crippen LogP) is 14.6. The van der Waals surface area contributed by atoms with Crippen molar-refractivity contribution in [3.05, 3.63) is 24.3 Å². The van der Waals surface area contributed by atoms with Crippen molar-refractivity contribution < 1.29 is 29.0 Å². The summed E-state index contributed by atoms with van der Waals surface area (Å²) in [6, 6.07) is 0. The van der Waals surface area contributed by atoms with Gasteiger partial charge >= 0.3 is 11.9 Å². The van der Waals surface area contributed by atoms with Crippen LogP contribution in [0, 0.1) is 11.8 Å². The molecule has 1 atom stereocenters. The monoisotopic (exact) mass is 806 g/mol. The minimum absolute atomic E-state index is 0.00208. The number of hydrogen-bond acceptors (Lipinski definition) is 6.